The molecule has 0 aliphatic heterocycles. The number of nitrogens with zero attached hydrogens (tertiary/aromatic N) is 1. The fourth-order valence-electron chi connectivity index (χ4n) is 1.89. The first-order valence-corrected chi connectivity index (χ1v) is 7.98. The van der Waals surface area contributed by atoms with Crippen LogP contribution in [0.15, 0.2) is 42.5 Å². The van der Waals surface area contributed by atoms with Crippen LogP contribution in [0.25, 0.3) is 0 Å². The first-order valence-electron chi connectivity index (χ1n) is 6.82. The van der Waals surface area contributed by atoms with Gasteiger partial charge >= 0.3 is 0 Å². The van der Waals surface area contributed by atoms with Crippen molar-refractivity contribution in [3.63, 3.8) is 0 Å². The van der Waals surface area contributed by atoms with Crippen molar-refractivity contribution in [2.24, 2.45) is 0 Å². The maximum atomic E-state index is 13.5. The first-order chi connectivity index (χ1) is 11.1. The van der Waals surface area contributed by atoms with E-state index in [0.717, 1.165) is 5.56 Å². The first kappa shape index (κ1) is 16.8. The number of thioether (sulfide) groups is 1. The van der Waals surface area contributed by atoms with Crippen molar-refractivity contribution in [2.45, 2.75) is 5.75 Å². The molecule has 0 unspecified atom stereocenters. The van der Waals surface area contributed by atoms with E-state index in [-0.39, 0.29) is 17.4 Å². The number of nitrogens with one attached hydrogen (secondary N) is 1. The Kier molecular flexibility index (Phi) is 6.01. The molecule has 0 atom stereocenters. The molecule has 1 amide bonds. The maximum absolute atomic E-state index is 13.5. The summed E-state index contributed by atoms with van der Waals surface area (Å²) in [6, 6.07) is 13.4. The van der Waals surface area contributed by atoms with Crippen LogP contribution in [0, 0.1) is 17.1 Å². The summed E-state index contributed by atoms with van der Waals surface area (Å²) in [6.07, 6.45) is 0. The van der Waals surface area contributed by atoms with E-state index in [1.54, 1.807) is 36.4 Å². The number of carbonyl (C=O) groups is 1. The minimum atomic E-state index is -0.410. The highest BCUT2D eigenvalue weighted by atomic mass is 32.2. The lowest BCUT2D eigenvalue weighted by atomic mass is 10.2. The van der Waals surface area contributed by atoms with Gasteiger partial charge in [-0.1, -0.05) is 6.07 Å². The predicted octanol–water partition coefficient (Wildman–Crippen LogP) is 3.58. The van der Waals surface area contributed by atoms with E-state index in [9.17, 15) is 9.18 Å². The van der Waals surface area contributed by atoms with Gasteiger partial charge in [-0.3, -0.25) is 4.79 Å². The molecule has 0 saturated heterocycles. The zero-order valence-electron chi connectivity index (χ0n) is 12.5. The van der Waals surface area contributed by atoms with E-state index in [2.05, 4.69) is 5.32 Å². The Hall–Kier alpha value is -2.52. The van der Waals surface area contributed by atoms with E-state index < -0.39 is 5.82 Å². The third kappa shape index (κ3) is 5.01. The third-order valence-corrected chi connectivity index (χ3v) is 4.02. The van der Waals surface area contributed by atoms with Crippen LogP contribution < -0.4 is 10.1 Å². The average Bonchev–Trinajstić information content (AvgIpc) is 2.56. The van der Waals surface area contributed by atoms with Gasteiger partial charge in [0.2, 0.25) is 5.91 Å². The summed E-state index contributed by atoms with van der Waals surface area (Å²) in [4.78, 5) is 11.8. The molecule has 1 N–H and O–H groups in total. The number of rotatable bonds is 6. The Morgan fingerprint density at radius 1 is 1.30 bits per heavy atom. The third-order valence-electron chi connectivity index (χ3n) is 3.02. The molecule has 0 fully saturated rings. The fraction of sp³-hybridized carbons (Fsp3) is 0.176. The van der Waals surface area contributed by atoms with Crippen molar-refractivity contribution in [3.05, 3.63) is 59.4 Å². The van der Waals surface area contributed by atoms with Gasteiger partial charge in [-0.2, -0.15) is 5.26 Å². The number of anilines is 1. The van der Waals surface area contributed by atoms with Crippen LogP contribution in [-0.4, -0.2) is 18.8 Å². The van der Waals surface area contributed by atoms with Crippen LogP contribution in [0.2, 0.25) is 0 Å². The molecule has 2 aromatic rings. The Morgan fingerprint density at radius 3 is 2.65 bits per heavy atom. The quantitative estimate of drug-likeness (QED) is 0.879. The van der Waals surface area contributed by atoms with Gasteiger partial charge in [-0.05, 0) is 42.0 Å². The molecule has 0 aromatic heterocycles. The SMILES string of the molecule is COc1ccc(CSCC(=O)Nc2ccc(C#N)cc2)cc1F. The molecule has 0 heterocycles. The molecule has 0 radical (unpaired) electrons. The molecule has 0 saturated carbocycles. The van der Waals surface area contributed by atoms with E-state index >= 15 is 0 Å². The molecule has 118 valence electrons. The molecule has 0 aliphatic rings. The molecular formula is C17H15FN2O2S. The normalized spacial score (nSPS) is 9.96. The summed E-state index contributed by atoms with van der Waals surface area (Å²) in [5, 5.41) is 11.5. The second kappa shape index (κ2) is 8.20. The minimum Gasteiger partial charge on any atom is -0.494 e. The standard InChI is InChI=1S/C17H15FN2O2S/c1-22-16-7-4-13(8-15(16)18)10-23-11-17(21)20-14-5-2-12(9-19)3-6-14/h2-8H,10-11H2,1H3,(H,20,21). The van der Waals surface area contributed by atoms with E-state index in [0.29, 0.717) is 17.0 Å². The molecule has 0 aliphatic carbocycles. The lowest BCUT2D eigenvalue weighted by molar-refractivity contribution is -0.113. The zero-order chi connectivity index (χ0) is 16.7. The van der Waals surface area contributed by atoms with Crippen molar-refractivity contribution in [3.8, 4) is 11.8 Å². The van der Waals surface area contributed by atoms with Crippen molar-refractivity contribution in [2.75, 3.05) is 18.2 Å². The number of nitriles is 1. The smallest absolute Gasteiger partial charge is 0.234 e. The largest absolute Gasteiger partial charge is 0.494 e. The van der Waals surface area contributed by atoms with Gasteiger partial charge in [0.1, 0.15) is 0 Å². The number of carbonyl (C=O) groups excluding carboxylic acids is 1. The summed E-state index contributed by atoms with van der Waals surface area (Å²) in [5.41, 5.74) is 1.98. The number of halogens is 1. The summed E-state index contributed by atoms with van der Waals surface area (Å²) in [5.74, 6) is 0.439. The highest BCUT2D eigenvalue weighted by molar-refractivity contribution is 7.99. The average molecular weight is 330 g/mol. The van der Waals surface area contributed by atoms with E-state index in [4.69, 9.17) is 10.00 Å². The monoisotopic (exact) mass is 330 g/mol. The van der Waals surface area contributed by atoms with Crippen LogP contribution >= 0.6 is 11.8 Å². The number of hydrogen-bond donors (Lipinski definition) is 1. The molecule has 0 bridgehead atoms. The van der Waals surface area contributed by atoms with Crippen molar-refractivity contribution >= 4 is 23.4 Å². The van der Waals surface area contributed by atoms with Gasteiger partial charge < -0.3 is 10.1 Å². The van der Waals surface area contributed by atoms with Gasteiger partial charge in [0.05, 0.1) is 24.5 Å². The molecule has 0 spiro atoms. The summed E-state index contributed by atoms with van der Waals surface area (Å²) in [6.45, 7) is 0. The Morgan fingerprint density at radius 2 is 2.04 bits per heavy atom. The summed E-state index contributed by atoms with van der Waals surface area (Å²) < 4.78 is 18.4. The Labute approximate surface area is 138 Å². The zero-order valence-corrected chi connectivity index (χ0v) is 13.3. The predicted molar refractivity (Wildman–Crippen MR) is 88.9 cm³/mol. The van der Waals surface area contributed by atoms with Crippen LogP contribution in [0.5, 0.6) is 5.75 Å². The lowest BCUT2D eigenvalue weighted by Gasteiger charge is -2.06. The van der Waals surface area contributed by atoms with Gasteiger partial charge in [-0.25, -0.2) is 4.39 Å². The van der Waals surface area contributed by atoms with Crippen molar-refractivity contribution < 1.29 is 13.9 Å². The number of benzene rings is 2. The van der Waals surface area contributed by atoms with E-state index in [1.807, 2.05) is 6.07 Å². The summed E-state index contributed by atoms with van der Waals surface area (Å²) >= 11 is 1.39. The topological polar surface area (TPSA) is 62.1 Å². The molecular weight excluding hydrogens is 315 g/mol. The molecule has 4 nitrogen and oxygen atoms in total. The van der Waals surface area contributed by atoms with Crippen molar-refractivity contribution in [1.29, 1.82) is 5.26 Å². The lowest BCUT2D eigenvalue weighted by Crippen LogP contribution is -2.14. The molecule has 6 heteroatoms. The van der Waals surface area contributed by atoms with Crippen LogP contribution in [-0.2, 0) is 10.5 Å². The van der Waals surface area contributed by atoms with E-state index in [1.165, 1.54) is 24.9 Å². The second-order valence-corrected chi connectivity index (χ2v) is 5.68. The maximum Gasteiger partial charge on any atom is 0.234 e. The number of hydrogen-bond acceptors (Lipinski definition) is 4. The van der Waals surface area contributed by atoms with Crippen LogP contribution in [0.3, 0.4) is 0 Å². The number of ether oxygens (including phenoxy) is 1. The fourth-order valence-corrected chi connectivity index (χ4v) is 2.66. The number of methoxy groups -OCH3 is 1. The van der Waals surface area contributed by atoms with Crippen LogP contribution in [0.1, 0.15) is 11.1 Å². The molecule has 2 aromatic carbocycles. The Bertz CT molecular complexity index is 726. The second-order valence-electron chi connectivity index (χ2n) is 4.70. The Balaban J connectivity index is 1.80. The molecule has 2 rings (SSSR count). The van der Waals surface area contributed by atoms with Gasteiger partial charge in [0, 0.05) is 11.4 Å². The van der Waals surface area contributed by atoms with Crippen LogP contribution in [0.4, 0.5) is 10.1 Å². The van der Waals surface area contributed by atoms with Gasteiger partial charge in [0.25, 0.3) is 0 Å². The highest BCUT2D eigenvalue weighted by Crippen LogP contribution is 2.21. The number of amides is 1. The van der Waals surface area contributed by atoms with Gasteiger partial charge in [0.15, 0.2) is 11.6 Å². The molecule has 23 heavy (non-hydrogen) atoms. The van der Waals surface area contributed by atoms with Crippen molar-refractivity contribution in [1.82, 2.24) is 0 Å². The minimum absolute atomic E-state index is 0.145. The highest BCUT2D eigenvalue weighted by Gasteiger charge is 2.06. The van der Waals surface area contributed by atoms with Gasteiger partial charge in [-0.15, -0.1) is 11.8 Å². The summed E-state index contributed by atoms with van der Waals surface area (Å²) in [7, 11) is 1.42.